The lowest BCUT2D eigenvalue weighted by molar-refractivity contribution is -0.149. The van der Waals surface area contributed by atoms with E-state index in [1.165, 1.54) is 12.1 Å². The number of aryl methyl sites for hydroxylation is 1. The van der Waals surface area contributed by atoms with Gasteiger partial charge in [-0.2, -0.15) is 0 Å². The van der Waals surface area contributed by atoms with Crippen molar-refractivity contribution in [3.05, 3.63) is 59.1 Å². The predicted octanol–water partition coefficient (Wildman–Crippen LogP) is 4.72. The third-order valence-corrected chi connectivity index (χ3v) is 5.95. The van der Waals surface area contributed by atoms with E-state index in [0.29, 0.717) is 12.8 Å². The Labute approximate surface area is 176 Å². The summed E-state index contributed by atoms with van der Waals surface area (Å²) >= 11 is 0. The van der Waals surface area contributed by atoms with Crippen LogP contribution in [0, 0.1) is 18.8 Å². The van der Waals surface area contributed by atoms with E-state index < -0.39 is 23.3 Å². The molecule has 160 valence electrons. The van der Waals surface area contributed by atoms with E-state index in [9.17, 15) is 19.8 Å². The third-order valence-electron chi connectivity index (χ3n) is 5.95. The Morgan fingerprint density at radius 2 is 2.00 bits per heavy atom. The van der Waals surface area contributed by atoms with Crippen molar-refractivity contribution in [3.63, 3.8) is 0 Å². The minimum atomic E-state index is -0.985. The standard InChI is InChI=1S/C24H28O6/c1-14(10-18-11-15(2)13-29-18)6-5-9-24(4)16(3)21(23(28)30-24)22(27)19-8-7-17(25)12-20(19)26/h6-8,11-13,16,21,25-26H,5,9-10H2,1-4H3/b14-6+/t16-,21+,24+/m1/s1. The van der Waals surface area contributed by atoms with Gasteiger partial charge in [-0.1, -0.05) is 18.6 Å². The molecule has 1 aromatic carbocycles. The lowest BCUT2D eigenvalue weighted by Crippen LogP contribution is -2.33. The van der Waals surface area contributed by atoms with E-state index in [2.05, 4.69) is 6.08 Å². The molecule has 1 fully saturated rings. The molecule has 0 spiro atoms. The Balaban J connectivity index is 1.67. The SMILES string of the molecule is C/C(=C\CC[C@]1(C)OC(=O)[C@H](C(=O)c2ccc(O)cc2O)[C@H]1C)Cc1cc(C)co1. The summed E-state index contributed by atoms with van der Waals surface area (Å²) in [6, 6.07) is 5.73. The van der Waals surface area contributed by atoms with E-state index in [1.807, 2.05) is 33.8 Å². The van der Waals surface area contributed by atoms with Crippen LogP contribution >= 0.6 is 0 Å². The minimum absolute atomic E-state index is 0.00957. The summed E-state index contributed by atoms with van der Waals surface area (Å²) in [7, 11) is 0. The number of furan rings is 1. The van der Waals surface area contributed by atoms with E-state index in [4.69, 9.17) is 9.15 Å². The maximum Gasteiger partial charge on any atom is 0.317 e. The molecule has 2 heterocycles. The number of Topliss-reactive ketones (excluding diaryl/α,β-unsaturated/α-hetero) is 1. The number of cyclic esters (lactones) is 1. The smallest absolute Gasteiger partial charge is 0.317 e. The summed E-state index contributed by atoms with van der Waals surface area (Å²) < 4.78 is 11.1. The second-order valence-corrected chi connectivity index (χ2v) is 8.42. The highest BCUT2D eigenvalue weighted by Crippen LogP contribution is 2.42. The number of esters is 1. The van der Waals surface area contributed by atoms with Gasteiger partial charge in [-0.15, -0.1) is 0 Å². The second-order valence-electron chi connectivity index (χ2n) is 8.42. The van der Waals surface area contributed by atoms with Gasteiger partial charge in [-0.25, -0.2) is 0 Å². The number of phenols is 2. The molecule has 0 bridgehead atoms. The molecule has 2 aromatic rings. The van der Waals surface area contributed by atoms with Gasteiger partial charge in [0.1, 0.15) is 28.8 Å². The second kappa shape index (κ2) is 8.38. The van der Waals surface area contributed by atoms with Crippen LogP contribution < -0.4 is 0 Å². The maximum absolute atomic E-state index is 12.9. The van der Waals surface area contributed by atoms with Crippen molar-refractivity contribution in [2.24, 2.45) is 11.8 Å². The number of ether oxygens (including phenoxy) is 1. The van der Waals surface area contributed by atoms with Gasteiger partial charge in [-0.05, 0) is 57.4 Å². The molecule has 0 unspecified atom stereocenters. The molecule has 2 N–H and O–H groups in total. The molecule has 1 aliphatic rings. The average molecular weight is 412 g/mol. The highest BCUT2D eigenvalue weighted by atomic mass is 16.6. The predicted molar refractivity (Wildman–Crippen MR) is 111 cm³/mol. The molecule has 30 heavy (non-hydrogen) atoms. The summed E-state index contributed by atoms with van der Waals surface area (Å²) in [4.78, 5) is 25.4. The summed E-state index contributed by atoms with van der Waals surface area (Å²) in [5, 5.41) is 19.4. The summed E-state index contributed by atoms with van der Waals surface area (Å²) in [6.45, 7) is 7.69. The van der Waals surface area contributed by atoms with E-state index in [-0.39, 0.29) is 23.0 Å². The number of carbonyl (C=O) groups is 2. The number of phenolic OH excluding ortho intramolecular Hbond substituents is 2. The lowest BCUT2D eigenvalue weighted by Gasteiger charge is -2.27. The zero-order valence-corrected chi connectivity index (χ0v) is 17.8. The van der Waals surface area contributed by atoms with Crippen LogP contribution in [0.25, 0.3) is 0 Å². The van der Waals surface area contributed by atoms with E-state index in [0.717, 1.165) is 29.4 Å². The van der Waals surface area contributed by atoms with Crippen LogP contribution in [0.3, 0.4) is 0 Å². The Kier molecular flexibility index (Phi) is 6.06. The van der Waals surface area contributed by atoms with Crippen molar-refractivity contribution in [1.82, 2.24) is 0 Å². The molecule has 1 aromatic heterocycles. The Hall–Kier alpha value is -3.02. The van der Waals surface area contributed by atoms with Gasteiger partial charge in [0.2, 0.25) is 0 Å². The molecule has 0 saturated carbocycles. The summed E-state index contributed by atoms with van der Waals surface area (Å²) in [5.41, 5.74) is 1.48. The summed E-state index contributed by atoms with van der Waals surface area (Å²) in [6.07, 6.45) is 5.84. The number of rotatable bonds is 7. The van der Waals surface area contributed by atoms with Gasteiger partial charge in [0.15, 0.2) is 5.78 Å². The van der Waals surface area contributed by atoms with Crippen LogP contribution in [0.4, 0.5) is 0 Å². The minimum Gasteiger partial charge on any atom is -0.508 e. The van der Waals surface area contributed by atoms with Crippen molar-refractivity contribution in [3.8, 4) is 11.5 Å². The van der Waals surface area contributed by atoms with E-state index in [1.54, 1.807) is 6.26 Å². The number of carbonyl (C=O) groups excluding carboxylic acids is 2. The largest absolute Gasteiger partial charge is 0.508 e. The fourth-order valence-electron chi connectivity index (χ4n) is 3.99. The van der Waals surface area contributed by atoms with Gasteiger partial charge < -0.3 is 19.4 Å². The molecule has 3 rings (SSSR count). The highest BCUT2D eigenvalue weighted by Gasteiger charge is 2.53. The molecular formula is C24H28O6. The fourth-order valence-corrected chi connectivity index (χ4v) is 3.99. The van der Waals surface area contributed by atoms with Crippen molar-refractivity contribution < 1.29 is 29.0 Å². The van der Waals surface area contributed by atoms with Crippen LogP contribution in [-0.4, -0.2) is 27.6 Å². The molecule has 0 radical (unpaired) electrons. The van der Waals surface area contributed by atoms with Gasteiger partial charge >= 0.3 is 5.97 Å². The topological polar surface area (TPSA) is 97.0 Å². The number of allylic oxidation sites excluding steroid dienone is 2. The van der Waals surface area contributed by atoms with Crippen LogP contribution in [0.2, 0.25) is 0 Å². The van der Waals surface area contributed by atoms with Crippen LogP contribution in [-0.2, 0) is 16.0 Å². The molecule has 1 aliphatic heterocycles. The van der Waals surface area contributed by atoms with Crippen molar-refractivity contribution in [2.75, 3.05) is 0 Å². The van der Waals surface area contributed by atoms with Crippen LogP contribution in [0.5, 0.6) is 11.5 Å². The van der Waals surface area contributed by atoms with Crippen LogP contribution in [0.1, 0.15) is 55.3 Å². The highest BCUT2D eigenvalue weighted by molar-refractivity contribution is 6.11. The first-order valence-corrected chi connectivity index (χ1v) is 10.1. The molecular weight excluding hydrogens is 384 g/mol. The number of ketones is 1. The summed E-state index contributed by atoms with van der Waals surface area (Å²) in [5.74, 6) is -1.99. The monoisotopic (exact) mass is 412 g/mol. The van der Waals surface area contributed by atoms with Crippen molar-refractivity contribution in [1.29, 1.82) is 0 Å². The van der Waals surface area contributed by atoms with Gasteiger partial charge in [0.25, 0.3) is 0 Å². The lowest BCUT2D eigenvalue weighted by atomic mass is 9.77. The van der Waals surface area contributed by atoms with Gasteiger partial charge in [0.05, 0.1) is 11.8 Å². The number of aromatic hydroxyl groups is 2. The maximum atomic E-state index is 12.9. The van der Waals surface area contributed by atoms with Crippen molar-refractivity contribution in [2.45, 2.75) is 52.6 Å². The number of hydrogen-bond acceptors (Lipinski definition) is 6. The molecule has 0 aliphatic carbocycles. The Morgan fingerprint density at radius 1 is 1.27 bits per heavy atom. The zero-order chi connectivity index (χ0) is 22.1. The average Bonchev–Trinajstić information content (AvgIpc) is 3.15. The first kappa shape index (κ1) is 21.7. The third kappa shape index (κ3) is 4.42. The number of benzene rings is 1. The molecule has 6 nitrogen and oxygen atoms in total. The molecule has 6 heteroatoms. The van der Waals surface area contributed by atoms with Crippen molar-refractivity contribution >= 4 is 11.8 Å². The number of hydrogen-bond donors (Lipinski definition) is 2. The normalized spacial score (nSPS) is 24.1. The first-order chi connectivity index (χ1) is 14.1. The zero-order valence-electron chi connectivity index (χ0n) is 17.8. The van der Waals surface area contributed by atoms with Gasteiger partial charge in [0, 0.05) is 18.4 Å². The Morgan fingerprint density at radius 3 is 2.63 bits per heavy atom. The van der Waals surface area contributed by atoms with E-state index >= 15 is 0 Å². The quantitative estimate of drug-likeness (QED) is 0.296. The molecule has 1 saturated heterocycles. The molecule has 3 atom stereocenters. The molecule has 0 amide bonds. The van der Waals surface area contributed by atoms with Crippen LogP contribution in [0.15, 0.2) is 46.6 Å². The fraction of sp³-hybridized carbons (Fsp3) is 0.417. The Bertz CT molecular complexity index is 985. The first-order valence-electron chi connectivity index (χ1n) is 10.1. The van der Waals surface area contributed by atoms with Gasteiger partial charge in [-0.3, -0.25) is 9.59 Å².